The van der Waals surface area contributed by atoms with Crippen LogP contribution in [0.2, 0.25) is 0 Å². The molecule has 0 aliphatic rings. The smallest absolute Gasteiger partial charge is 0.323 e. The van der Waals surface area contributed by atoms with Crippen molar-refractivity contribution in [1.82, 2.24) is 9.88 Å². The van der Waals surface area contributed by atoms with E-state index in [-0.39, 0.29) is 18.5 Å². The minimum atomic E-state index is -1.02. The number of aliphatic carboxylic acids is 1. The van der Waals surface area contributed by atoms with E-state index in [4.69, 9.17) is 5.11 Å². The Kier molecular flexibility index (Phi) is 5.87. The van der Waals surface area contributed by atoms with Crippen LogP contribution in [-0.4, -0.2) is 39.5 Å². The van der Waals surface area contributed by atoms with Gasteiger partial charge in [-0.05, 0) is 18.9 Å². The summed E-state index contributed by atoms with van der Waals surface area (Å²) in [7, 11) is 0. The van der Waals surface area contributed by atoms with Crippen LogP contribution in [0.15, 0.2) is 35.7 Å². The molecule has 122 valence electrons. The summed E-state index contributed by atoms with van der Waals surface area (Å²) in [4.78, 5) is 29.3. The summed E-state index contributed by atoms with van der Waals surface area (Å²) in [6.07, 6.45) is 1.36. The molecule has 0 fully saturated rings. The maximum Gasteiger partial charge on any atom is 0.323 e. The molecule has 1 amide bonds. The highest BCUT2D eigenvalue weighted by atomic mass is 32.1. The number of hydrogen-bond donors (Lipinski definition) is 1. The summed E-state index contributed by atoms with van der Waals surface area (Å²) in [6, 6.07) is 9.77. The molecule has 0 saturated carbocycles. The van der Waals surface area contributed by atoms with Gasteiger partial charge in [0.2, 0.25) is 0 Å². The molecule has 0 radical (unpaired) electrons. The van der Waals surface area contributed by atoms with Gasteiger partial charge < -0.3 is 10.0 Å². The van der Waals surface area contributed by atoms with Gasteiger partial charge in [-0.15, -0.1) is 11.3 Å². The van der Waals surface area contributed by atoms with Gasteiger partial charge in [-0.3, -0.25) is 9.59 Å². The largest absolute Gasteiger partial charge is 0.480 e. The summed E-state index contributed by atoms with van der Waals surface area (Å²) in [6.45, 7) is 3.46. The summed E-state index contributed by atoms with van der Waals surface area (Å²) < 4.78 is 0. The monoisotopic (exact) mass is 332 g/mol. The van der Waals surface area contributed by atoms with Crippen molar-refractivity contribution in [1.29, 1.82) is 0 Å². The standard InChI is InChI=1S/C17H20N2O3S/c1-3-12(2)19(10-16(20)21)17(22)14-11-23-15(18-14)9-13-7-5-4-6-8-13/h4-8,11-12H,3,9-10H2,1-2H3,(H,20,21). The molecule has 1 N–H and O–H groups in total. The molecule has 23 heavy (non-hydrogen) atoms. The third-order valence-electron chi connectivity index (χ3n) is 3.66. The van der Waals surface area contributed by atoms with Crippen molar-refractivity contribution in [3.05, 3.63) is 52.0 Å². The van der Waals surface area contributed by atoms with E-state index in [1.54, 1.807) is 5.38 Å². The predicted molar refractivity (Wildman–Crippen MR) is 89.8 cm³/mol. The Morgan fingerprint density at radius 1 is 1.30 bits per heavy atom. The lowest BCUT2D eigenvalue weighted by atomic mass is 10.2. The fourth-order valence-electron chi connectivity index (χ4n) is 2.20. The topological polar surface area (TPSA) is 70.5 Å². The van der Waals surface area contributed by atoms with Crippen molar-refractivity contribution in [2.45, 2.75) is 32.7 Å². The van der Waals surface area contributed by atoms with Crippen molar-refractivity contribution in [3.8, 4) is 0 Å². The quantitative estimate of drug-likeness (QED) is 0.846. The zero-order valence-electron chi connectivity index (χ0n) is 13.2. The van der Waals surface area contributed by atoms with Crippen molar-refractivity contribution in [2.24, 2.45) is 0 Å². The minimum Gasteiger partial charge on any atom is -0.480 e. The molecule has 1 aromatic carbocycles. The maximum atomic E-state index is 12.6. The number of thiazole rings is 1. The second-order valence-electron chi connectivity index (χ2n) is 5.37. The zero-order chi connectivity index (χ0) is 16.8. The molecule has 1 heterocycles. The van der Waals surface area contributed by atoms with Gasteiger partial charge in [0, 0.05) is 17.8 Å². The van der Waals surface area contributed by atoms with E-state index in [1.807, 2.05) is 44.2 Å². The fourth-order valence-corrected chi connectivity index (χ4v) is 3.00. The van der Waals surface area contributed by atoms with Gasteiger partial charge in [0.15, 0.2) is 0 Å². The Bertz CT molecular complexity index is 669. The molecule has 1 atom stereocenters. The van der Waals surface area contributed by atoms with Crippen LogP contribution in [0.3, 0.4) is 0 Å². The van der Waals surface area contributed by atoms with Crippen LogP contribution >= 0.6 is 11.3 Å². The van der Waals surface area contributed by atoms with E-state index < -0.39 is 5.97 Å². The molecule has 6 heteroatoms. The lowest BCUT2D eigenvalue weighted by Gasteiger charge is -2.26. The lowest BCUT2D eigenvalue weighted by molar-refractivity contribution is -0.138. The number of carbonyl (C=O) groups is 2. The van der Waals surface area contributed by atoms with Crippen LogP contribution in [0.5, 0.6) is 0 Å². The highest BCUT2D eigenvalue weighted by molar-refractivity contribution is 7.09. The molecular formula is C17H20N2O3S. The van der Waals surface area contributed by atoms with Crippen LogP contribution < -0.4 is 0 Å². The molecule has 5 nitrogen and oxygen atoms in total. The highest BCUT2D eigenvalue weighted by Crippen LogP contribution is 2.17. The first kappa shape index (κ1) is 17.1. The average molecular weight is 332 g/mol. The molecule has 0 aliphatic heterocycles. The Labute approximate surface area is 139 Å². The number of aromatic nitrogens is 1. The Morgan fingerprint density at radius 3 is 2.61 bits per heavy atom. The molecule has 0 aliphatic carbocycles. The third kappa shape index (κ3) is 4.63. The van der Waals surface area contributed by atoms with E-state index in [0.29, 0.717) is 18.5 Å². The first-order valence-corrected chi connectivity index (χ1v) is 8.40. The molecule has 0 bridgehead atoms. The molecule has 2 rings (SSSR count). The number of benzene rings is 1. The first-order chi connectivity index (χ1) is 11.0. The van der Waals surface area contributed by atoms with Gasteiger partial charge >= 0.3 is 5.97 Å². The van der Waals surface area contributed by atoms with Crippen LogP contribution in [0.4, 0.5) is 0 Å². The number of carboxylic acids is 1. The third-order valence-corrected chi connectivity index (χ3v) is 4.51. The number of amides is 1. The van der Waals surface area contributed by atoms with Gasteiger partial charge in [0.1, 0.15) is 12.2 Å². The Balaban J connectivity index is 2.14. The molecule has 1 unspecified atom stereocenters. The number of carbonyl (C=O) groups excluding carboxylic acids is 1. The molecule has 0 spiro atoms. The van der Waals surface area contributed by atoms with Crippen LogP contribution in [0.1, 0.15) is 41.3 Å². The van der Waals surface area contributed by atoms with E-state index in [2.05, 4.69) is 4.98 Å². The van der Waals surface area contributed by atoms with Crippen molar-refractivity contribution in [2.75, 3.05) is 6.54 Å². The fraction of sp³-hybridized carbons (Fsp3) is 0.353. The van der Waals surface area contributed by atoms with Gasteiger partial charge in [-0.25, -0.2) is 4.98 Å². The number of carboxylic acid groups (broad SMARTS) is 1. The molecular weight excluding hydrogens is 312 g/mol. The van der Waals surface area contributed by atoms with E-state index in [9.17, 15) is 9.59 Å². The van der Waals surface area contributed by atoms with Gasteiger partial charge in [-0.2, -0.15) is 0 Å². The van der Waals surface area contributed by atoms with E-state index in [0.717, 1.165) is 10.6 Å². The zero-order valence-corrected chi connectivity index (χ0v) is 14.0. The number of nitrogens with zero attached hydrogens (tertiary/aromatic N) is 2. The second kappa shape index (κ2) is 7.87. The first-order valence-electron chi connectivity index (χ1n) is 7.52. The van der Waals surface area contributed by atoms with Crippen molar-refractivity contribution in [3.63, 3.8) is 0 Å². The summed E-state index contributed by atoms with van der Waals surface area (Å²) >= 11 is 1.42. The van der Waals surface area contributed by atoms with Gasteiger partial charge in [0.05, 0.1) is 5.01 Å². The summed E-state index contributed by atoms with van der Waals surface area (Å²) in [5.41, 5.74) is 1.45. The Morgan fingerprint density at radius 2 is 2.00 bits per heavy atom. The maximum absolute atomic E-state index is 12.6. The average Bonchev–Trinajstić information content (AvgIpc) is 3.00. The Hall–Kier alpha value is -2.21. The van der Waals surface area contributed by atoms with E-state index in [1.165, 1.54) is 16.2 Å². The van der Waals surface area contributed by atoms with Crippen LogP contribution in [0, 0.1) is 0 Å². The summed E-state index contributed by atoms with van der Waals surface area (Å²) in [5, 5.41) is 11.6. The van der Waals surface area contributed by atoms with Gasteiger partial charge in [0.25, 0.3) is 5.91 Å². The molecule has 1 aromatic heterocycles. The lowest BCUT2D eigenvalue weighted by Crippen LogP contribution is -2.42. The van der Waals surface area contributed by atoms with E-state index >= 15 is 0 Å². The van der Waals surface area contributed by atoms with Crippen LogP contribution in [-0.2, 0) is 11.2 Å². The summed E-state index contributed by atoms with van der Waals surface area (Å²) in [5.74, 6) is -1.34. The minimum absolute atomic E-state index is 0.141. The highest BCUT2D eigenvalue weighted by Gasteiger charge is 2.24. The predicted octanol–water partition coefficient (Wildman–Crippen LogP) is 3.06. The number of rotatable bonds is 7. The molecule has 0 saturated heterocycles. The van der Waals surface area contributed by atoms with Gasteiger partial charge in [-0.1, -0.05) is 37.3 Å². The van der Waals surface area contributed by atoms with Crippen molar-refractivity contribution < 1.29 is 14.7 Å². The normalized spacial score (nSPS) is 11.9. The van der Waals surface area contributed by atoms with Crippen molar-refractivity contribution >= 4 is 23.2 Å². The van der Waals surface area contributed by atoms with Crippen LogP contribution in [0.25, 0.3) is 0 Å². The second-order valence-corrected chi connectivity index (χ2v) is 6.32. The SMILES string of the molecule is CCC(C)N(CC(=O)O)C(=O)c1csc(Cc2ccccc2)n1. The molecule has 2 aromatic rings. The number of hydrogen-bond acceptors (Lipinski definition) is 4.